The number of amides is 1. The van der Waals surface area contributed by atoms with Crippen molar-refractivity contribution in [2.45, 2.75) is 13.3 Å². The van der Waals surface area contributed by atoms with Crippen LogP contribution in [0.3, 0.4) is 0 Å². The third-order valence-corrected chi connectivity index (χ3v) is 3.44. The lowest BCUT2D eigenvalue weighted by atomic mass is 10.2. The highest BCUT2D eigenvalue weighted by Crippen LogP contribution is 2.23. The van der Waals surface area contributed by atoms with Gasteiger partial charge in [0.05, 0.1) is 4.92 Å². The Morgan fingerprint density at radius 1 is 1.13 bits per heavy atom. The minimum Gasteiger partial charge on any atom is -0.379 e. The molecule has 0 bridgehead atoms. The zero-order valence-corrected chi connectivity index (χ0v) is 12.9. The monoisotopic (exact) mass is 313 g/mol. The van der Waals surface area contributed by atoms with E-state index >= 15 is 0 Å². The van der Waals surface area contributed by atoms with Gasteiger partial charge < -0.3 is 10.2 Å². The molecule has 2 aromatic carbocycles. The van der Waals surface area contributed by atoms with E-state index in [1.165, 1.54) is 6.07 Å². The van der Waals surface area contributed by atoms with Crippen molar-refractivity contribution in [1.29, 1.82) is 0 Å². The predicted octanol–water partition coefficient (Wildman–Crippen LogP) is 3.45. The van der Waals surface area contributed by atoms with Crippen LogP contribution in [0.25, 0.3) is 0 Å². The second kappa shape index (κ2) is 7.93. The molecule has 0 aliphatic heterocycles. The van der Waals surface area contributed by atoms with Crippen LogP contribution in [0.1, 0.15) is 13.3 Å². The number of nitrogens with zero attached hydrogens (tertiary/aromatic N) is 2. The first-order valence-corrected chi connectivity index (χ1v) is 7.46. The number of rotatable bonds is 7. The van der Waals surface area contributed by atoms with Gasteiger partial charge in [0.25, 0.3) is 5.69 Å². The maximum absolute atomic E-state index is 12.3. The predicted molar refractivity (Wildman–Crippen MR) is 90.7 cm³/mol. The molecule has 2 rings (SSSR count). The Morgan fingerprint density at radius 2 is 1.78 bits per heavy atom. The molecule has 120 valence electrons. The molecule has 0 unspecified atom stereocenters. The van der Waals surface area contributed by atoms with Crippen LogP contribution in [0.5, 0.6) is 0 Å². The van der Waals surface area contributed by atoms with Crippen molar-refractivity contribution in [3.63, 3.8) is 0 Å². The largest absolute Gasteiger partial charge is 0.379 e. The molecule has 6 heteroatoms. The van der Waals surface area contributed by atoms with Crippen molar-refractivity contribution in [2.75, 3.05) is 23.3 Å². The Balaban J connectivity index is 1.96. The highest BCUT2D eigenvalue weighted by atomic mass is 16.6. The van der Waals surface area contributed by atoms with Crippen LogP contribution in [0.2, 0.25) is 0 Å². The van der Waals surface area contributed by atoms with Crippen molar-refractivity contribution in [2.24, 2.45) is 0 Å². The van der Waals surface area contributed by atoms with E-state index in [0.717, 1.165) is 5.69 Å². The molecule has 6 nitrogen and oxygen atoms in total. The van der Waals surface area contributed by atoms with E-state index in [4.69, 9.17) is 0 Å². The molecule has 1 N–H and O–H groups in total. The summed E-state index contributed by atoms with van der Waals surface area (Å²) >= 11 is 0. The molecule has 0 aromatic heterocycles. The zero-order valence-electron chi connectivity index (χ0n) is 12.9. The fourth-order valence-electron chi connectivity index (χ4n) is 2.33. The quantitative estimate of drug-likeness (QED) is 0.627. The molecular formula is C17H19N3O3. The zero-order chi connectivity index (χ0) is 16.7. The molecule has 23 heavy (non-hydrogen) atoms. The number of nitrogens with one attached hydrogen (secondary N) is 1. The molecule has 1 amide bonds. The first-order chi connectivity index (χ1) is 11.1. The van der Waals surface area contributed by atoms with Gasteiger partial charge in [0.1, 0.15) is 5.69 Å². The molecule has 0 atom stereocenters. The van der Waals surface area contributed by atoms with Gasteiger partial charge in [0, 0.05) is 31.3 Å². The van der Waals surface area contributed by atoms with Crippen molar-refractivity contribution >= 4 is 23.0 Å². The van der Waals surface area contributed by atoms with E-state index < -0.39 is 4.92 Å². The average Bonchev–Trinajstić information content (AvgIpc) is 2.57. The summed E-state index contributed by atoms with van der Waals surface area (Å²) in [5, 5.41) is 13.9. The molecule has 0 saturated carbocycles. The first-order valence-electron chi connectivity index (χ1n) is 7.46. The van der Waals surface area contributed by atoms with Gasteiger partial charge in [-0.05, 0) is 25.1 Å². The number of hydrogen-bond acceptors (Lipinski definition) is 4. The summed E-state index contributed by atoms with van der Waals surface area (Å²) in [6.07, 6.45) is 0.259. The first kappa shape index (κ1) is 16.5. The third-order valence-electron chi connectivity index (χ3n) is 3.44. The lowest BCUT2D eigenvalue weighted by Crippen LogP contribution is -2.31. The lowest BCUT2D eigenvalue weighted by Gasteiger charge is -2.21. The maximum atomic E-state index is 12.3. The molecule has 0 heterocycles. The van der Waals surface area contributed by atoms with Gasteiger partial charge in [0.15, 0.2) is 0 Å². The Bertz CT molecular complexity index is 674. The van der Waals surface area contributed by atoms with E-state index in [-0.39, 0.29) is 18.0 Å². The molecule has 0 aliphatic rings. The standard InChI is InChI=1S/C17H19N3O3/c1-2-19(14-8-4-3-5-9-14)17(21)12-13-18-15-10-6-7-11-16(15)20(22)23/h3-11,18H,2,12-13H2,1H3. The highest BCUT2D eigenvalue weighted by Gasteiger charge is 2.15. The summed E-state index contributed by atoms with van der Waals surface area (Å²) in [5.74, 6) is -0.0233. The lowest BCUT2D eigenvalue weighted by molar-refractivity contribution is -0.384. The second-order valence-corrected chi connectivity index (χ2v) is 4.92. The number of carbonyl (C=O) groups excluding carboxylic acids is 1. The van der Waals surface area contributed by atoms with Crippen molar-refractivity contribution < 1.29 is 9.72 Å². The summed E-state index contributed by atoms with van der Waals surface area (Å²) in [5.41, 5.74) is 1.29. The van der Waals surface area contributed by atoms with E-state index in [1.54, 1.807) is 23.1 Å². The smallest absolute Gasteiger partial charge is 0.292 e. The average molecular weight is 313 g/mol. The van der Waals surface area contributed by atoms with Crippen LogP contribution in [0.15, 0.2) is 54.6 Å². The third kappa shape index (κ3) is 4.29. The molecule has 0 radical (unpaired) electrons. The van der Waals surface area contributed by atoms with Crippen LogP contribution < -0.4 is 10.2 Å². The Kier molecular flexibility index (Phi) is 5.68. The number of nitro benzene ring substituents is 1. The van der Waals surface area contributed by atoms with Gasteiger partial charge in [-0.3, -0.25) is 14.9 Å². The maximum Gasteiger partial charge on any atom is 0.292 e. The van der Waals surface area contributed by atoms with E-state index in [2.05, 4.69) is 5.32 Å². The summed E-state index contributed by atoms with van der Waals surface area (Å²) in [6.45, 7) is 2.84. The van der Waals surface area contributed by atoms with E-state index in [0.29, 0.717) is 18.8 Å². The Morgan fingerprint density at radius 3 is 2.43 bits per heavy atom. The minimum atomic E-state index is -0.438. The summed E-state index contributed by atoms with van der Waals surface area (Å²) < 4.78 is 0. The van der Waals surface area contributed by atoms with Crippen molar-refractivity contribution in [3.05, 3.63) is 64.7 Å². The van der Waals surface area contributed by atoms with Crippen LogP contribution in [-0.4, -0.2) is 23.9 Å². The Hall–Kier alpha value is -2.89. The van der Waals surface area contributed by atoms with E-state index in [1.807, 2.05) is 37.3 Å². The second-order valence-electron chi connectivity index (χ2n) is 4.92. The number of nitro groups is 1. The topological polar surface area (TPSA) is 75.5 Å². The summed E-state index contributed by atoms with van der Waals surface area (Å²) in [4.78, 5) is 24.5. The number of benzene rings is 2. The van der Waals surface area contributed by atoms with Crippen molar-refractivity contribution in [3.8, 4) is 0 Å². The minimum absolute atomic E-state index is 0.00959. The normalized spacial score (nSPS) is 10.1. The molecule has 0 spiro atoms. The van der Waals surface area contributed by atoms with Crippen LogP contribution in [0, 0.1) is 10.1 Å². The fourth-order valence-corrected chi connectivity index (χ4v) is 2.33. The van der Waals surface area contributed by atoms with Gasteiger partial charge in [-0.25, -0.2) is 0 Å². The molecular weight excluding hydrogens is 294 g/mol. The van der Waals surface area contributed by atoms with Crippen LogP contribution in [-0.2, 0) is 4.79 Å². The van der Waals surface area contributed by atoms with Gasteiger partial charge >= 0.3 is 0 Å². The van der Waals surface area contributed by atoms with Gasteiger partial charge in [-0.1, -0.05) is 30.3 Å². The van der Waals surface area contributed by atoms with Crippen molar-refractivity contribution in [1.82, 2.24) is 0 Å². The fraction of sp³-hybridized carbons (Fsp3) is 0.235. The van der Waals surface area contributed by atoms with Gasteiger partial charge in [-0.15, -0.1) is 0 Å². The van der Waals surface area contributed by atoms with Crippen LogP contribution >= 0.6 is 0 Å². The Labute approximate surface area is 134 Å². The number of para-hydroxylation sites is 3. The molecule has 2 aromatic rings. The van der Waals surface area contributed by atoms with Gasteiger partial charge in [-0.2, -0.15) is 0 Å². The highest BCUT2D eigenvalue weighted by molar-refractivity contribution is 5.93. The summed E-state index contributed by atoms with van der Waals surface area (Å²) in [6, 6.07) is 15.9. The molecule has 0 fully saturated rings. The SMILES string of the molecule is CCN(C(=O)CCNc1ccccc1[N+](=O)[O-])c1ccccc1. The van der Waals surface area contributed by atoms with Crippen LogP contribution in [0.4, 0.5) is 17.1 Å². The van der Waals surface area contributed by atoms with Gasteiger partial charge in [0.2, 0.25) is 5.91 Å². The number of anilines is 2. The van der Waals surface area contributed by atoms with E-state index in [9.17, 15) is 14.9 Å². The number of hydrogen-bond donors (Lipinski definition) is 1. The summed E-state index contributed by atoms with van der Waals surface area (Å²) in [7, 11) is 0. The number of carbonyl (C=O) groups is 1. The molecule has 0 aliphatic carbocycles. The molecule has 0 saturated heterocycles.